The molecule has 0 fully saturated rings. The normalized spacial score (nSPS) is 12.0. The number of hydrogen-bond acceptors (Lipinski definition) is 1. The van der Waals surface area contributed by atoms with E-state index in [1.54, 1.807) is 0 Å². The Morgan fingerprint density at radius 3 is 2.29 bits per heavy atom. The van der Waals surface area contributed by atoms with E-state index in [1.807, 2.05) is 0 Å². The van der Waals surface area contributed by atoms with E-state index in [9.17, 15) is 0 Å². The van der Waals surface area contributed by atoms with Crippen molar-refractivity contribution in [2.45, 2.75) is 73.6 Å². The SMILES string of the molecule is CCCCn1cc[n+](CC(OC(C)=C(C(C)C)C(C)C)c2ccccc2)c1.[Br-]. The third-order valence-electron chi connectivity index (χ3n) is 5.03. The van der Waals surface area contributed by atoms with Crippen LogP contribution in [0.5, 0.6) is 0 Å². The Morgan fingerprint density at radius 2 is 1.71 bits per heavy atom. The molecule has 0 aliphatic carbocycles. The number of aryl methyl sites for hydroxylation is 1. The van der Waals surface area contributed by atoms with Crippen molar-refractivity contribution in [2.24, 2.45) is 11.8 Å². The second-order valence-corrected chi connectivity index (χ2v) is 8.04. The van der Waals surface area contributed by atoms with Gasteiger partial charge in [-0.1, -0.05) is 71.4 Å². The van der Waals surface area contributed by atoms with Crippen molar-refractivity contribution >= 4 is 0 Å². The number of unbranched alkanes of at least 4 members (excludes halogenated alkanes) is 1. The summed E-state index contributed by atoms with van der Waals surface area (Å²) in [6.45, 7) is 15.2. The molecule has 0 radical (unpaired) electrons. The van der Waals surface area contributed by atoms with Gasteiger partial charge in [-0.25, -0.2) is 9.13 Å². The van der Waals surface area contributed by atoms with Crippen LogP contribution in [0.3, 0.4) is 0 Å². The van der Waals surface area contributed by atoms with E-state index in [0.29, 0.717) is 11.8 Å². The topological polar surface area (TPSA) is 18.0 Å². The van der Waals surface area contributed by atoms with E-state index in [-0.39, 0.29) is 23.1 Å². The van der Waals surface area contributed by atoms with Crippen LogP contribution in [-0.2, 0) is 17.8 Å². The Labute approximate surface area is 182 Å². The lowest BCUT2D eigenvalue weighted by molar-refractivity contribution is -0.704. The molecule has 1 aromatic carbocycles. The van der Waals surface area contributed by atoms with Crippen LogP contribution in [0.2, 0.25) is 0 Å². The zero-order chi connectivity index (χ0) is 19.8. The number of rotatable bonds is 10. The molecule has 2 rings (SSSR count). The smallest absolute Gasteiger partial charge is 0.243 e. The highest BCUT2D eigenvalue weighted by Gasteiger charge is 2.21. The van der Waals surface area contributed by atoms with Crippen molar-refractivity contribution in [3.63, 3.8) is 0 Å². The zero-order valence-electron chi connectivity index (χ0n) is 18.4. The predicted octanol–water partition coefficient (Wildman–Crippen LogP) is 2.92. The summed E-state index contributed by atoms with van der Waals surface area (Å²) in [4.78, 5) is 0. The van der Waals surface area contributed by atoms with Gasteiger partial charge in [0, 0.05) is 0 Å². The van der Waals surface area contributed by atoms with E-state index in [4.69, 9.17) is 4.74 Å². The Bertz CT molecular complexity index is 709. The molecule has 2 aromatic rings. The molecule has 0 spiro atoms. The molecule has 156 valence electrons. The fourth-order valence-corrected chi connectivity index (χ4v) is 3.85. The van der Waals surface area contributed by atoms with Crippen molar-refractivity contribution in [3.8, 4) is 0 Å². The fraction of sp³-hybridized carbons (Fsp3) is 0.542. The van der Waals surface area contributed by atoms with Gasteiger partial charge in [0.05, 0.1) is 12.3 Å². The average Bonchev–Trinajstić information content (AvgIpc) is 3.07. The first-order valence-electron chi connectivity index (χ1n) is 10.4. The van der Waals surface area contributed by atoms with E-state index >= 15 is 0 Å². The summed E-state index contributed by atoms with van der Waals surface area (Å²) in [7, 11) is 0. The molecule has 1 atom stereocenters. The zero-order valence-corrected chi connectivity index (χ0v) is 19.9. The molecule has 0 saturated carbocycles. The number of hydrogen-bond donors (Lipinski definition) is 0. The molecule has 1 unspecified atom stereocenters. The van der Waals surface area contributed by atoms with Crippen LogP contribution in [0, 0.1) is 11.8 Å². The predicted molar refractivity (Wildman–Crippen MR) is 112 cm³/mol. The molecule has 1 aromatic heterocycles. The highest BCUT2D eigenvalue weighted by Crippen LogP contribution is 2.28. The molecule has 3 nitrogen and oxygen atoms in total. The number of benzene rings is 1. The number of imidazole rings is 1. The van der Waals surface area contributed by atoms with Crippen LogP contribution in [0.4, 0.5) is 0 Å². The maximum atomic E-state index is 6.57. The van der Waals surface area contributed by atoms with Crippen LogP contribution in [0.25, 0.3) is 0 Å². The minimum absolute atomic E-state index is 0. The van der Waals surface area contributed by atoms with Crippen LogP contribution >= 0.6 is 0 Å². The van der Waals surface area contributed by atoms with Gasteiger partial charge in [-0.15, -0.1) is 0 Å². The van der Waals surface area contributed by atoms with Gasteiger partial charge in [0.25, 0.3) is 0 Å². The van der Waals surface area contributed by atoms with Crippen LogP contribution in [0.15, 0.2) is 60.4 Å². The van der Waals surface area contributed by atoms with Crippen LogP contribution < -0.4 is 21.5 Å². The Kier molecular flexibility index (Phi) is 10.6. The number of ether oxygens (including phenoxy) is 1. The maximum absolute atomic E-state index is 6.57. The van der Waals surface area contributed by atoms with Gasteiger partial charge in [-0.3, -0.25) is 0 Å². The molecule has 0 bridgehead atoms. The molecule has 4 heteroatoms. The Hall–Kier alpha value is -1.55. The minimum Gasteiger partial charge on any atom is -1.00 e. The lowest BCUT2D eigenvalue weighted by Gasteiger charge is -2.24. The molecule has 1 heterocycles. The summed E-state index contributed by atoms with van der Waals surface area (Å²) in [5.41, 5.74) is 2.62. The van der Waals surface area contributed by atoms with E-state index in [1.165, 1.54) is 24.0 Å². The van der Waals surface area contributed by atoms with Gasteiger partial charge in [0.15, 0.2) is 6.10 Å². The average molecular weight is 449 g/mol. The van der Waals surface area contributed by atoms with Crippen molar-refractivity contribution in [2.75, 3.05) is 0 Å². The van der Waals surface area contributed by atoms with Crippen molar-refractivity contribution in [1.82, 2.24) is 4.57 Å². The maximum Gasteiger partial charge on any atom is 0.243 e. The summed E-state index contributed by atoms with van der Waals surface area (Å²) in [6, 6.07) is 10.6. The summed E-state index contributed by atoms with van der Waals surface area (Å²) in [5.74, 6) is 2.05. The highest BCUT2D eigenvalue weighted by atomic mass is 79.9. The molecule has 0 saturated heterocycles. The van der Waals surface area contributed by atoms with Crippen LogP contribution in [0.1, 0.15) is 66.1 Å². The summed E-state index contributed by atoms with van der Waals surface area (Å²) in [6.07, 6.45) is 8.94. The van der Waals surface area contributed by atoms with Gasteiger partial charge in [-0.2, -0.15) is 0 Å². The third-order valence-corrected chi connectivity index (χ3v) is 5.03. The summed E-state index contributed by atoms with van der Waals surface area (Å²) in [5, 5.41) is 0. The first kappa shape index (κ1) is 24.5. The van der Waals surface area contributed by atoms with E-state index < -0.39 is 0 Å². The van der Waals surface area contributed by atoms with E-state index in [2.05, 4.69) is 99.7 Å². The Morgan fingerprint density at radius 1 is 1.07 bits per heavy atom. The standard InChI is InChI=1S/C24H37N2O.BrH/c1-7-8-14-25-15-16-26(18-25)17-23(22-12-10-9-11-13-22)27-21(6)24(19(2)3)20(4)5;/h9-13,15-16,18-20,23H,7-8,14,17H2,1-6H3;1H/q+1;/p-1. The number of allylic oxidation sites excluding steroid dienone is 2. The monoisotopic (exact) mass is 448 g/mol. The quantitative estimate of drug-likeness (QED) is 0.403. The molecule has 0 amide bonds. The lowest BCUT2D eigenvalue weighted by atomic mass is 9.91. The van der Waals surface area contributed by atoms with E-state index in [0.717, 1.165) is 18.8 Å². The number of halogens is 1. The second-order valence-electron chi connectivity index (χ2n) is 8.04. The van der Waals surface area contributed by atoms with Gasteiger partial charge < -0.3 is 21.7 Å². The summed E-state index contributed by atoms with van der Waals surface area (Å²) < 4.78 is 11.1. The van der Waals surface area contributed by atoms with Gasteiger partial charge in [0.1, 0.15) is 18.9 Å². The number of aromatic nitrogens is 2. The third kappa shape index (κ3) is 7.12. The molecular weight excluding hydrogens is 412 g/mol. The summed E-state index contributed by atoms with van der Waals surface area (Å²) >= 11 is 0. The highest BCUT2D eigenvalue weighted by molar-refractivity contribution is 5.19. The molecule has 0 aliphatic heterocycles. The minimum atomic E-state index is 0. The lowest BCUT2D eigenvalue weighted by Crippen LogP contribution is -3.00. The first-order chi connectivity index (χ1) is 12.9. The Balaban J connectivity index is 0.00000392. The van der Waals surface area contributed by atoms with Gasteiger partial charge in [0.2, 0.25) is 6.33 Å². The molecule has 0 N–H and O–H groups in total. The van der Waals surface area contributed by atoms with Crippen molar-refractivity contribution in [1.29, 1.82) is 0 Å². The second kappa shape index (κ2) is 12.1. The van der Waals surface area contributed by atoms with Crippen LogP contribution in [-0.4, -0.2) is 4.57 Å². The first-order valence-corrected chi connectivity index (χ1v) is 10.4. The van der Waals surface area contributed by atoms with Gasteiger partial charge >= 0.3 is 0 Å². The largest absolute Gasteiger partial charge is 1.00 e. The molecule has 28 heavy (non-hydrogen) atoms. The van der Waals surface area contributed by atoms with Gasteiger partial charge in [-0.05, 0) is 36.3 Å². The number of nitrogens with zero attached hydrogens (tertiary/aromatic N) is 2. The molecule has 0 aliphatic rings. The fourth-order valence-electron chi connectivity index (χ4n) is 3.85. The molecular formula is C24H37BrN2O. The van der Waals surface area contributed by atoms with Crippen molar-refractivity contribution < 1.29 is 26.3 Å². The van der Waals surface area contributed by atoms with Crippen molar-refractivity contribution in [3.05, 3.63) is 65.9 Å².